The molecule has 0 spiro atoms. The summed E-state index contributed by atoms with van der Waals surface area (Å²) in [6.07, 6.45) is 0.382. The molecule has 1 aromatic rings. The molecular formula is C13H18N2O3S. The van der Waals surface area contributed by atoms with Crippen LogP contribution in [0.25, 0.3) is 0 Å². The van der Waals surface area contributed by atoms with Crippen LogP contribution >= 0.6 is 11.3 Å². The van der Waals surface area contributed by atoms with E-state index in [4.69, 9.17) is 4.74 Å². The van der Waals surface area contributed by atoms with E-state index in [1.165, 1.54) is 0 Å². The molecule has 2 heterocycles. The molecule has 1 aliphatic heterocycles. The molecule has 1 fully saturated rings. The molecule has 1 N–H and O–H groups in total. The molecule has 104 valence electrons. The van der Waals surface area contributed by atoms with Gasteiger partial charge in [-0.3, -0.25) is 9.59 Å². The number of hydrogen-bond donors (Lipinski definition) is 1. The highest BCUT2D eigenvalue weighted by Crippen LogP contribution is 2.19. The Kier molecular flexibility index (Phi) is 4.21. The van der Waals surface area contributed by atoms with Crippen LogP contribution in [-0.2, 0) is 20.7 Å². The summed E-state index contributed by atoms with van der Waals surface area (Å²) in [6, 6.07) is 1.95. The van der Waals surface area contributed by atoms with E-state index < -0.39 is 5.60 Å². The van der Waals surface area contributed by atoms with Gasteiger partial charge in [-0.25, -0.2) is 0 Å². The van der Waals surface area contributed by atoms with Crippen LogP contribution in [0.3, 0.4) is 0 Å². The number of ether oxygens (including phenoxy) is 1. The van der Waals surface area contributed by atoms with Gasteiger partial charge in [-0.2, -0.15) is 11.3 Å². The van der Waals surface area contributed by atoms with Crippen molar-refractivity contribution in [1.29, 1.82) is 0 Å². The lowest BCUT2D eigenvalue weighted by Gasteiger charge is -2.39. The Morgan fingerprint density at radius 1 is 1.58 bits per heavy atom. The molecule has 0 saturated carbocycles. The van der Waals surface area contributed by atoms with Crippen LogP contribution in [0.1, 0.15) is 12.5 Å². The average molecular weight is 282 g/mol. The number of carbonyl (C=O) groups excluding carboxylic acids is 2. The van der Waals surface area contributed by atoms with Crippen molar-refractivity contribution < 1.29 is 14.3 Å². The maximum Gasteiger partial charge on any atom is 0.253 e. The fourth-order valence-electron chi connectivity index (χ4n) is 2.16. The standard InChI is InChI=1S/C13H18N2O3S/c1-13(12(17)14-2)9-15(4-5-18-13)11(16)7-10-3-6-19-8-10/h3,6,8H,4-5,7,9H2,1-2H3,(H,14,17)/t13-/m0/s1. The molecule has 2 amide bonds. The van der Waals surface area contributed by atoms with E-state index in [2.05, 4.69) is 5.32 Å². The fraction of sp³-hybridized carbons (Fsp3) is 0.538. The van der Waals surface area contributed by atoms with Crippen LogP contribution in [0.5, 0.6) is 0 Å². The summed E-state index contributed by atoms with van der Waals surface area (Å²) in [7, 11) is 1.57. The first kappa shape index (κ1) is 14.0. The first-order valence-corrected chi connectivity index (χ1v) is 7.14. The van der Waals surface area contributed by atoms with E-state index in [1.807, 2.05) is 16.8 Å². The van der Waals surface area contributed by atoms with Crippen molar-refractivity contribution >= 4 is 23.2 Å². The predicted molar refractivity (Wildman–Crippen MR) is 73.0 cm³/mol. The molecule has 0 aliphatic carbocycles. The highest BCUT2D eigenvalue weighted by molar-refractivity contribution is 7.07. The van der Waals surface area contributed by atoms with Gasteiger partial charge in [0.25, 0.3) is 5.91 Å². The Hall–Kier alpha value is -1.40. The van der Waals surface area contributed by atoms with Crippen molar-refractivity contribution in [2.75, 3.05) is 26.7 Å². The molecule has 0 unspecified atom stereocenters. The quantitative estimate of drug-likeness (QED) is 0.886. The monoisotopic (exact) mass is 282 g/mol. The maximum absolute atomic E-state index is 12.2. The summed E-state index contributed by atoms with van der Waals surface area (Å²) in [5, 5.41) is 6.50. The average Bonchev–Trinajstić information content (AvgIpc) is 2.90. The van der Waals surface area contributed by atoms with Gasteiger partial charge in [0.05, 0.1) is 19.6 Å². The van der Waals surface area contributed by atoms with Gasteiger partial charge in [0, 0.05) is 13.6 Å². The lowest BCUT2D eigenvalue weighted by molar-refractivity contribution is -0.162. The molecule has 5 nitrogen and oxygen atoms in total. The van der Waals surface area contributed by atoms with Crippen LogP contribution in [0.4, 0.5) is 0 Å². The summed E-state index contributed by atoms with van der Waals surface area (Å²) >= 11 is 1.58. The number of rotatable bonds is 3. The van der Waals surface area contributed by atoms with Gasteiger partial charge in [-0.15, -0.1) is 0 Å². The Labute approximate surface area is 116 Å². The molecule has 1 aromatic heterocycles. The molecule has 0 radical (unpaired) electrons. The van der Waals surface area contributed by atoms with Crippen molar-refractivity contribution in [1.82, 2.24) is 10.2 Å². The van der Waals surface area contributed by atoms with Crippen molar-refractivity contribution in [3.05, 3.63) is 22.4 Å². The van der Waals surface area contributed by atoms with E-state index in [0.29, 0.717) is 26.1 Å². The number of morpholine rings is 1. The molecule has 0 bridgehead atoms. The second-order valence-corrected chi connectivity index (χ2v) is 5.56. The molecule has 19 heavy (non-hydrogen) atoms. The zero-order chi connectivity index (χ0) is 13.9. The summed E-state index contributed by atoms with van der Waals surface area (Å²) in [6.45, 7) is 2.94. The van der Waals surface area contributed by atoms with Crippen LogP contribution in [0.2, 0.25) is 0 Å². The second kappa shape index (κ2) is 5.71. The largest absolute Gasteiger partial charge is 0.362 e. The van der Waals surface area contributed by atoms with Gasteiger partial charge >= 0.3 is 0 Å². The summed E-state index contributed by atoms with van der Waals surface area (Å²) in [5.41, 5.74) is 0.0697. The minimum Gasteiger partial charge on any atom is -0.362 e. The highest BCUT2D eigenvalue weighted by atomic mass is 32.1. The number of carbonyl (C=O) groups is 2. The topological polar surface area (TPSA) is 58.6 Å². The number of amides is 2. The smallest absolute Gasteiger partial charge is 0.253 e. The molecule has 1 aliphatic rings. The van der Waals surface area contributed by atoms with E-state index in [-0.39, 0.29) is 11.8 Å². The molecule has 0 aromatic carbocycles. The number of thiophene rings is 1. The zero-order valence-electron chi connectivity index (χ0n) is 11.1. The zero-order valence-corrected chi connectivity index (χ0v) is 12.0. The Morgan fingerprint density at radius 2 is 2.37 bits per heavy atom. The van der Waals surface area contributed by atoms with E-state index >= 15 is 0 Å². The summed E-state index contributed by atoms with van der Waals surface area (Å²) in [4.78, 5) is 25.7. The molecule has 1 atom stereocenters. The number of hydrogen-bond acceptors (Lipinski definition) is 4. The SMILES string of the molecule is CNC(=O)[C@]1(C)CN(C(=O)Cc2ccsc2)CCO1. The normalized spacial score (nSPS) is 23.2. The third-order valence-corrected chi connectivity index (χ3v) is 4.00. The van der Waals surface area contributed by atoms with E-state index in [9.17, 15) is 9.59 Å². The van der Waals surface area contributed by atoms with E-state index in [1.54, 1.807) is 30.2 Å². The number of likely N-dealkylation sites (N-methyl/N-ethyl adjacent to an activating group) is 1. The van der Waals surface area contributed by atoms with Gasteiger partial charge in [0.1, 0.15) is 0 Å². The number of nitrogens with one attached hydrogen (secondary N) is 1. The minimum absolute atomic E-state index is 0.0387. The van der Waals surface area contributed by atoms with Crippen LogP contribution in [0, 0.1) is 0 Å². The molecule has 2 rings (SSSR count). The van der Waals surface area contributed by atoms with Crippen LogP contribution in [-0.4, -0.2) is 49.1 Å². The molecular weight excluding hydrogens is 264 g/mol. The van der Waals surface area contributed by atoms with Gasteiger partial charge in [-0.1, -0.05) is 0 Å². The molecule has 6 heteroatoms. The van der Waals surface area contributed by atoms with Gasteiger partial charge in [0.15, 0.2) is 5.60 Å². The maximum atomic E-state index is 12.2. The van der Waals surface area contributed by atoms with Gasteiger partial charge in [-0.05, 0) is 29.3 Å². The first-order valence-electron chi connectivity index (χ1n) is 6.20. The van der Waals surface area contributed by atoms with Crippen molar-refractivity contribution in [2.45, 2.75) is 18.9 Å². The minimum atomic E-state index is -0.947. The third kappa shape index (κ3) is 3.13. The van der Waals surface area contributed by atoms with Crippen LogP contribution < -0.4 is 5.32 Å². The third-order valence-electron chi connectivity index (χ3n) is 3.27. The highest BCUT2D eigenvalue weighted by Gasteiger charge is 2.40. The predicted octanol–water partition coefficient (Wildman–Crippen LogP) is 0.654. The van der Waals surface area contributed by atoms with Crippen LogP contribution in [0.15, 0.2) is 16.8 Å². The first-order chi connectivity index (χ1) is 9.05. The van der Waals surface area contributed by atoms with Gasteiger partial charge in [0.2, 0.25) is 5.91 Å². The Bertz CT molecular complexity index is 460. The second-order valence-electron chi connectivity index (χ2n) is 4.78. The summed E-state index contributed by atoms with van der Waals surface area (Å²) in [5.74, 6) is -0.155. The van der Waals surface area contributed by atoms with Crippen molar-refractivity contribution in [3.8, 4) is 0 Å². The number of nitrogens with zero attached hydrogens (tertiary/aromatic N) is 1. The Morgan fingerprint density at radius 3 is 3.00 bits per heavy atom. The lowest BCUT2D eigenvalue weighted by atomic mass is 10.0. The Balaban J connectivity index is 2.01. The van der Waals surface area contributed by atoms with Crippen molar-refractivity contribution in [3.63, 3.8) is 0 Å². The fourth-order valence-corrected chi connectivity index (χ4v) is 2.83. The van der Waals surface area contributed by atoms with E-state index in [0.717, 1.165) is 5.56 Å². The molecule has 1 saturated heterocycles. The lowest BCUT2D eigenvalue weighted by Crippen LogP contribution is -2.59. The summed E-state index contributed by atoms with van der Waals surface area (Å²) < 4.78 is 5.53. The van der Waals surface area contributed by atoms with Crippen molar-refractivity contribution in [2.24, 2.45) is 0 Å². The van der Waals surface area contributed by atoms with Gasteiger partial charge < -0.3 is 15.0 Å².